The van der Waals surface area contributed by atoms with Crippen LogP contribution < -0.4 is 4.73 Å². The average Bonchev–Trinajstić information content (AvgIpc) is 3.50. The number of rotatable bonds is 3. The summed E-state index contributed by atoms with van der Waals surface area (Å²) in [6.45, 7) is 1.65. The van der Waals surface area contributed by atoms with Crippen molar-refractivity contribution in [3.63, 3.8) is 0 Å². The molecule has 0 unspecified atom stereocenters. The predicted molar refractivity (Wildman–Crippen MR) is 107 cm³/mol. The summed E-state index contributed by atoms with van der Waals surface area (Å²) in [5.41, 5.74) is 1.54. The molecule has 0 amide bonds. The molecule has 1 saturated carbocycles. The van der Waals surface area contributed by atoms with Crippen LogP contribution in [0.3, 0.4) is 0 Å². The lowest BCUT2D eigenvalue weighted by Gasteiger charge is -2.22. The Morgan fingerprint density at radius 2 is 2.13 bits per heavy atom. The fourth-order valence-corrected chi connectivity index (χ4v) is 4.52. The van der Waals surface area contributed by atoms with Crippen molar-refractivity contribution in [3.05, 3.63) is 45.8 Å². The first-order chi connectivity index (χ1) is 14.5. The third kappa shape index (κ3) is 2.44. The standard InChI is InChI=1S/C20H17ClN6O3/c1-11-16-15(18-24-19(25-30-18)20(29-2)7-3-4-8-20)23-10-26(16)14-6-5-13(21)12(9-22)17(14)27(11)28/h5-6,10H,3-4,7-8H2,1-2H3. The second-order valence-corrected chi connectivity index (χ2v) is 7.83. The van der Waals surface area contributed by atoms with E-state index in [2.05, 4.69) is 15.1 Å². The summed E-state index contributed by atoms with van der Waals surface area (Å²) in [6.07, 6.45) is 5.30. The van der Waals surface area contributed by atoms with Crippen LogP contribution in [0.2, 0.25) is 5.02 Å². The van der Waals surface area contributed by atoms with Crippen molar-refractivity contribution < 1.29 is 14.0 Å². The number of hydrogen-bond donors (Lipinski definition) is 0. The summed E-state index contributed by atoms with van der Waals surface area (Å²) >= 11 is 6.13. The Morgan fingerprint density at radius 1 is 1.37 bits per heavy atom. The van der Waals surface area contributed by atoms with Gasteiger partial charge in [0, 0.05) is 14.0 Å². The topological polar surface area (TPSA) is 116 Å². The summed E-state index contributed by atoms with van der Waals surface area (Å²) in [5, 5.41) is 26.9. The number of benzene rings is 1. The molecule has 30 heavy (non-hydrogen) atoms. The molecule has 10 heteroatoms. The van der Waals surface area contributed by atoms with Gasteiger partial charge in [-0.25, -0.2) is 4.98 Å². The van der Waals surface area contributed by atoms with Crippen LogP contribution in [-0.2, 0) is 10.3 Å². The van der Waals surface area contributed by atoms with E-state index in [4.69, 9.17) is 20.9 Å². The van der Waals surface area contributed by atoms with E-state index in [0.717, 1.165) is 25.7 Å². The number of hydrogen-bond acceptors (Lipinski definition) is 7. The van der Waals surface area contributed by atoms with Gasteiger partial charge in [0.05, 0.1) is 5.02 Å². The molecule has 9 nitrogen and oxygen atoms in total. The van der Waals surface area contributed by atoms with Crippen LogP contribution in [0.1, 0.15) is 42.8 Å². The van der Waals surface area contributed by atoms with E-state index in [1.165, 1.54) is 0 Å². The number of halogens is 1. The monoisotopic (exact) mass is 424 g/mol. The first-order valence-electron chi connectivity index (χ1n) is 9.52. The van der Waals surface area contributed by atoms with Crippen molar-refractivity contribution in [2.75, 3.05) is 7.11 Å². The van der Waals surface area contributed by atoms with E-state index < -0.39 is 5.60 Å². The predicted octanol–water partition coefficient (Wildman–Crippen LogP) is 3.42. The van der Waals surface area contributed by atoms with Crippen molar-refractivity contribution in [1.82, 2.24) is 19.5 Å². The molecule has 152 valence electrons. The Balaban J connectivity index is 1.74. The van der Waals surface area contributed by atoms with E-state index in [9.17, 15) is 10.5 Å². The quantitative estimate of drug-likeness (QED) is 0.365. The molecule has 0 saturated heterocycles. The number of imidazole rings is 1. The first kappa shape index (κ1) is 18.8. The molecule has 0 atom stereocenters. The van der Waals surface area contributed by atoms with Crippen molar-refractivity contribution in [1.29, 1.82) is 5.26 Å². The lowest BCUT2D eigenvalue weighted by atomic mass is 10.0. The highest BCUT2D eigenvalue weighted by atomic mass is 35.5. The largest absolute Gasteiger partial charge is 0.618 e. The van der Waals surface area contributed by atoms with E-state index in [-0.39, 0.29) is 22.0 Å². The number of aryl methyl sites for hydroxylation is 1. The van der Waals surface area contributed by atoms with Crippen molar-refractivity contribution in [2.45, 2.75) is 38.2 Å². The molecule has 1 aromatic carbocycles. The van der Waals surface area contributed by atoms with Crippen molar-refractivity contribution >= 4 is 28.2 Å². The highest BCUT2D eigenvalue weighted by Crippen LogP contribution is 2.41. The molecule has 3 heterocycles. The first-order valence-corrected chi connectivity index (χ1v) is 9.90. The van der Waals surface area contributed by atoms with Gasteiger partial charge in [-0.2, -0.15) is 15.0 Å². The molecule has 0 aliphatic heterocycles. The maximum absolute atomic E-state index is 13.0. The van der Waals surface area contributed by atoms with Gasteiger partial charge in [0.1, 0.15) is 34.6 Å². The molecule has 3 aromatic heterocycles. The van der Waals surface area contributed by atoms with Crippen LogP contribution in [0.4, 0.5) is 0 Å². The van der Waals surface area contributed by atoms with Gasteiger partial charge in [0.15, 0.2) is 5.69 Å². The Labute approximate surface area is 176 Å². The zero-order valence-electron chi connectivity index (χ0n) is 16.3. The van der Waals surface area contributed by atoms with Gasteiger partial charge >= 0.3 is 0 Å². The van der Waals surface area contributed by atoms with Crippen molar-refractivity contribution in [3.8, 4) is 17.7 Å². The zero-order chi connectivity index (χ0) is 21.0. The highest BCUT2D eigenvalue weighted by molar-refractivity contribution is 6.32. The summed E-state index contributed by atoms with van der Waals surface area (Å²) in [6, 6.07) is 5.28. The minimum Gasteiger partial charge on any atom is -0.618 e. The third-order valence-electron chi connectivity index (χ3n) is 5.93. The lowest BCUT2D eigenvalue weighted by molar-refractivity contribution is -0.583. The fourth-order valence-electron chi connectivity index (χ4n) is 4.33. The molecule has 4 aromatic rings. The lowest BCUT2D eigenvalue weighted by Crippen LogP contribution is -2.33. The Hall–Kier alpha value is -3.22. The van der Waals surface area contributed by atoms with Gasteiger partial charge in [0.25, 0.3) is 11.4 Å². The third-order valence-corrected chi connectivity index (χ3v) is 6.25. The molecule has 0 N–H and O–H groups in total. The number of fused-ring (bicyclic) bond motifs is 3. The van der Waals surface area contributed by atoms with E-state index in [1.54, 1.807) is 36.9 Å². The SMILES string of the molecule is COC1(c2noc(-c3ncn4c3c(C)[n+]([O-])c3c(C#N)c(Cl)ccc34)n2)CCCC1. The van der Waals surface area contributed by atoms with Gasteiger partial charge in [0.2, 0.25) is 11.5 Å². The fraction of sp³-hybridized carbons (Fsp3) is 0.350. The Morgan fingerprint density at radius 3 is 2.83 bits per heavy atom. The highest BCUT2D eigenvalue weighted by Gasteiger charge is 2.40. The van der Waals surface area contributed by atoms with Gasteiger partial charge < -0.3 is 14.5 Å². The smallest absolute Gasteiger partial charge is 0.279 e. The Kier molecular flexibility index (Phi) is 4.17. The second kappa shape index (κ2) is 6.65. The molecule has 0 bridgehead atoms. The molecular weight excluding hydrogens is 408 g/mol. The summed E-state index contributed by atoms with van der Waals surface area (Å²) in [4.78, 5) is 9.01. The molecule has 5 rings (SSSR count). The van der Waals surface area contributed by atoms with E-state index in [1.807, 2.05) is 6.07 Å². The summed E-state index contributed by atoms with van der Waals surface area (Å²) in [7, 11) is 1.65. The molecule has 0 radical (unpaired) electrons. The molecule has 1 aliphatic carbocycles. The second-order valence-electron chi connectivity index (χ2n) is 7.42. The normalized spacial score (nSPS) is 15.8. The number of methoxy groups -OCH3 is 1. The minimum absolute atomic E-state index is 0.118. The average molecular weight is 425 g/mol. The maximum atomic E-state index is 13.0. The Bertz CT molecular complexity index is 1350. The molecular formula is C20H17ClN6O3. The number of nitriles is 1. The maximum Gasteiger partial charge on any atom is 0.279 e. The van der Waals surface area contributed by atoms with Crippen LogP contribution >= 0.6 is 11.6 Å². The number of nitrogens with zero attached hydrogens (tertiary/aromatic N) is 6. The van der Waals surface area contributed by atoms with Crippen LogP contribution in [0, 0.1) is 23.5 Å². The molecule has 1 fully saturated rings. The van der Waals surface area contributed by atoms with Gasteiger partial charge in [-0.1, -0.05) is 16.8 Å². The zero-order valence-corrected chi connectivity index (χ0v) is 17.1. The van der Waals surface area contributed by atoms with Crippen LogP contribution in [-0.4, -0.2) is 26.6 Å². The van der Waals surface area contributed by atoms with Crippen LogP contribution in [0.15, 0.2) is 23.0 Å². The van der Waals surface area contributed by atoms with Gasteiger partial charge in [-0.3, -0.25) is 4.40 Å². The van der Waals surface area contributed by atoms with Gasteiger partial charge in [-0.15, -0.1) is 0 Å². The van der Waals surface area contributed by atoms with Crippen molar-refractivity contribution in [2.24, 2.45) is 0 Å². The summed E-state index contributed by atoms with van der Waals surface area (Å²) < 4.78 is 13.7. The van der Waals surface area contributed by atoms with E-state index >= 15 is 0 Å². The van der Waals surface area contributed by atoms with Crippen LogP contribution in [0.25, 0.3) is 28.1 Å². The number of ether oxygens (including phenoxy) is 1. The van der Waals surface area contributed by atoms with Gasteiger partial charge in [-0.05, 0) is 37.8 Å². The molecule has 0 spiro atoms. The summed E-state index contributed by atoms with van der Waals surface area (Å²) in [5.74, 6) is 0.707. The molecule has 1 aliphatic rings. The minimum atomic E-state index is -0.546. The van der Waals surface area contributed by atoms with E-state index in [0.29, 0.717) is 33.0 Å². The number of aromatic nitrogens is 5. The van der Waals surface area contributed by atoms with Crippen LogP contribution in [0.5, 0.6) is 0 Å².